The number of nitrogens with one attached hydrogen (secondary N) is 1. The molecule has 0 aliphatic heterocycles. The van der Waals surface area contributed by atoms with Gasteiger partial charge < -0.3 is 5.11 Å². The summed E-state index contributed by atoms with van der Waals surface area (Å²) < 4.78 is 27.6. The summed E-state index contributed by atoms with van der Waals surface area (Å²) in [5.74, 6) is 0. The summed E-state index contributed by atoms with van der Waals surface area (Å²) in [6.07, 6.45) is -1.14. The molecule has 0 amide bonds. The van der Waals surface area contributed by atoms with Gasteiger partial charge in [0, 0.05) is 16.0 Å². The zero-order valence-electron chi connectivity index (χ0n) is 14.0. The summed E-state index contributed by atoms with van der Waals surface area (Å²) in [6, 6.07) is 13.3. The number of thiazole rings is 1. The number of nitriles is 1. The molecule has 0 saturated heterocycles. The van der Waals surface area contributed by atoms with Crippen molar-refractivity contribution >= 4 is 38.1 Å². The van der Waals surface area contributed by atoms with E-state index in [1.165, 1.54) is 6.07 Å². The Bertz CT molecular complexity index is 1140. The highest BCUT2D eigenvalue weighted by Gasteiger charge is 2.22. The van der Waals surface area contributed by atoms with Gasteiger partial charge in [0.15, 0.2) is 5.13 Å². The van der Waals surface area contributed by atoms with Crippen molar-refractivity contribution in [1.29, 1.82) is 5.26 Å². The number of rotatable bonds is 5. The molecule has 1 unspecified atom stereocenters. The topological polar surface area (TPSA) is 103 Å². The first-order valence-electron chi connectivity index (χ1n) is 7.74. The molecule has 0 fully saturated rings. The van der Waals surface area contributed by atoms with Crippen molar-refractivity contribution in [3.63, 3.8) is 0 Å². The van der Waals surface area contributed by atoms with Crippen LogP contribution < -0.4 is 4.72 Å². The van der Waals surface area contributed by atoms with Crippen molar-refractivity contribution in [1.82, 2.24) is 4.98 Å². The van der Waals surface area contributed by atoms with E-state index in [1.54, 1.807) is 48.7 Å². The van der Waals surface area contributed by atoms with E-state index in [9.17, 15) is 13.5 Å². The fourth-order valence-electron chi connectivity index (χ4n) is 2.50. The van der Waals surface area contributed by atoms with Gasteiger partial charge in [-0.05, 0) is 30.7 Å². The first-order chi connectivity index (χ1) is 12.8. The summed E-state index contributed by atoms with van der Waals surface area (Å²) in [6.45, 7) is 1.62. The molecular formula is C18H14ClN3O3S2. The van der Waals surface area contributed by atoms with Crippen LogP contribution in [0, 0.1) is 18.3 Å². The van der Waals surface area contributed by atoms with Gasteiger partial charge in [-0.2, -0.15) is 5.26 Å². The molecule has 9 heteroatoms. The molecule has 2 N–H and O–H groups in total. The number of halogens is 1. The Hall–Kier alpha value is -2.44. The van der Waals surface area contributed by atoms with E-state index in [1.807, 2.05) is 6.07 Å². The first kappa shape index (κ1) is 19.3. The maximum atomic E-state index is 12.6. The Morgan fingerprint density at radius 1 is 1.26 bits per heavy atom. The largest absolute Gasteiger partial charge is 0.382 e. The fraction of sp³-hybridized carbons (Fsp3) is 0.111. The van der Waals surface area contributed by atoms with E-state index in [0.717, 1.165) is 11.3 Å². The Labute approximate surface area is 165 Å². The van der Waals surface area contributed by atoms with Crippen molar-refractivity contribution in [2.24, 2.45) is 0 Å². The Morgan fingerprint density at radius 3 is 2.74 bits per heavy atom. The van der Waals surface area contributed by atoms with E-state index in [2.05, 4.69) is 9.71 Å². The van der Waals surface area contributed by atoms with Crippen molar-refractivity contribution in [3.05, 3.63) is 75.3 Å². The summed E-state index contributed by atoms with van der Waals surface area (Å²) in [5.41, 5.74) is 1.43. The van der Waals surface area contributed by atoms with E-state index in [0.29, 0.717) is 21.7 Å². The minimum atomic E-state index is -3.88. The van der Waals surface area contributed by atoms with Crippen LogP contribution in [0.2, 0.25) is 5.02 Å². The quantitative estimate of drug-likeness (QED) is 0.653. The average molecular weight is 420 g/mol. The molecule has 0 bridgehead atoms. The fourth-order valence-corrected chi connectivity index (χ4v) is 4.98. The second kappa shape index (κ2) is 7.66. The van der Waals surface area contributed by atoms with Crippen LogP contribution in [-0.2, 0) is 10.0 Å². The van der Waals surface area contributed by atoms with E-state index < -0.39 is 16.1 Å². The molecule has 138 valence electrons. The number of benzene rings is 2. The van der Waals surface area contributed by atoms with Crippen molar-refractivity contribution in [2.45, 2.75) is 17.9 Å². The van der Waals surface area contributed by atoms with Gasteiger partial charge in [-0.1, -0.05) is 35.9 Å². The number of aliphatic hydroxyl groups excluding tert-OH is 1. The van der Waals surface area contributed by atoms with Crippen molar-refractivity contribution < 1.29 is 13.5 Å². The Balaban J connectivity index is 1.88. The van der Waals surface area contributed by atoms with Gasteiger partial charge in [0.1, 0.15) is 6.10 Å². The highest BCUT2D eigenvalue weighted by Crippen LogP contribution is 2.30. The zero-order valence-corrected chi connectivity index (χ0v) is 16.4. The van der Waals surface area contributed by atoms with Gasteiger partial charge >= 0.3 is 0 Å². The molecule has 27 heavy (non-hydrogen) atoms. The number of hydrogen-bond acceptors (Lipinski definition) is 6. The Morgan fingerprint density at radius 2 is 2.00 bits per heavy atom. The minimum Gasteiger partial charge on any atom is -0.382 e. The molecule has 0 saturated carbocycles. The maximum absolute atomic E-state index is 12.6. The molecule has 1 heterocycles. The van der Waals surface area contributed by atoms with Gasteiger partial charge in [0.25, 0.3) is 10.0 Å². The van der Waals surface area contributed by atoms with Crippen LogP contribution in [0.15, 0.2) is 52.7 Å². The van der Waals surface area contributed by atoms with Crippen LogP contribution in [0.25, 0.3) is 0 Å². The van der Waals surface area contributed by atoms with Crippen LogP contribution in [0.3, 0.4) is 0 Å². The number of sulfonamides is 1. The molecule has 3 rings (SSSR count). The summed E-state index contributed by atoms with van der Waals surface area (Å²) in [7, 11) is -3.88. The summed E-state index contributed by atoms with van der Waals surface area (Å²) in [4.78, 5) is 4.22. The third-order valence-corrected chi connectivity index (χ3v) is 6.71. The number of aliphatic hydroxyl groups is 1. The van der Waals surface area contributed by atoms with E-state index in [4.69, 9.17) is 16.9 Å². The van der Waals surface area contributed by atoms with Crippen LogP contribution in [0.5, 0.6) is 0 Å². The predicted octanol–water partition coefficient (Wildman–Crippen LogP) is 3.86. The molecule has 1 atom stereocenters. The second-order valence-corrected chi connectivity index (χ2v) is 8.56. The normalized spacial score (nSPS) is 12.4. The molecule has 3 aromatic rings. The Kier molecular flexibility index (Phi) is 5.48. The van der Waals surface area contributed by atoms with Crippen LogP contribution in [0.1, 0.15) is 28.5 Å². The minimum absolute atomic E-state index is 0.0575. The lowest BCUT2D eigenvalue weighted by atomic mass is 10.0. The van der Waals surface area contributed by atoms with Gasteiger partial charge in [0.05, 0.1) is 22.2 Å². The van der Waals surface area contributed by atoms with Gasteiger partial charge in [0.2, 0.25) is 0 Å². The lowest BCUT2D eigenvalue weighted by molar-refractivity contribution is 0.216. The van der Waals surface area contributed by atoms with E-state index in [-0.39, 0.29) is 15.7 Å². The monoisotopic (exact) mass is 419 g/mol. The maximum Gasteiger partial charge on any atom is 0.263 e. The van der Waals surface area contributed by atoms with Crippen molar-refractivity contribution in [3.8, 4) is 6.07 Å². The molecule has 2 aromatic carbocycles. The second-order valence-electron chi connectivity index (χ2n) is 5.65. The molecule has 0 aliphatic rings. The number of hydrogen-bond donors (Lipinski definition) is 2. The van der Waals surface area contributed by atoms with Crippen molar-refractivity contribution in [2.75, 3.05) is 4.72 Å². The van der Waals surface area contributed by atoms with Gasteiger partial charge in [-0.15, -0.1) is 11.3 Å². The average Bonchev–Trinajstić information content (AvgIpc) is 3.10. The summed E-state index contributed by atoms with van der Waals surface area (Å²) in [5, 5.41) is 21.7. The number of anilines is 1. The van der Waals surface area contributed by atoms with Crippen LogP contribution >= 0.6 is 22.9 Å². The van der Waals surface area contributed by atoms with Gasteiger partial charge in [-0.25, -0.2) is 13.4 Å². The highest BCUT2D eigenvalue weighted by atomic mass is 35.5. The van der Waals surface area contributed by atoms with E-state index >= 15 is 0 Å². The predicted molar refractivity (Wildman–Crippen MR) is 104 cm³/mol. The van der Waals surface area contributed by atoms with Crippen LogP contribution in [-0.4, -0.2) is 18.5 Å². The molecule has 0 aliphatic carbocycles. The smallest absolute Gasteiger partial charge is 0.263 e. The molecule has 1 aromatic heterocycles. The molecular weight excluding hydrogens is 406 g/mol. The standard InChI is InChI=1S/C18H14ClN3O3S2/c1-11-14(19)7-4-8-16(11)27(24,25)22-18-21-15(10-26-18)17(23)13-6-3-2-5-12(13)9-20/h2-8,10,17,23H,1H3,(H,21,22). The SMILES string of the molecule is Cc1c(Cl)cccc1S(=O)(=O)Nc1nc(C(O)c2ccccc2C#N)cs1. The zero-order chi connectivity index (χ0) is 19.6. The molecule has 0 radical (unpaired) electrons. The molecule has 6 nitrogen and oxygen atoms in total. The third kappa shape index (κ3) is 3.96. The van der Waals surface area contributed by atoms with Crippen LogP contribution in [0.4, 0.5) is 5.13 Å². The number of aromatic nitrogens is 1. The first-order valence-corrected chi connectivity index (χ1v) is 10.5. The third-order valence-electron chi connectivity index (χ3n) is 3.91. The highest BCUT2D eigenvalue weighted by molar-refractivity contribution is 7.93. The lowest BCUT2D eigenvalue weighted by Gasteiger charge is -2.10. The van der Waals surface area contributed by atoms with Gasteiger partial charge in [-0.3, -0.25) is 4.72 Å². The molecule has 0 spiro atoms. The number of nitrogens with zero attached hydrogens (tertiary/aromatic N) is 2. The lowest BCUT2D eigenvalue weighted by Crippen LogP contribution is -2.14. The summed E-state index contributed by atoms with van der Waals surface area (Å²) >= 11 is 7.04.